The molecule has 1 rings (SSSR count). The molecular formula is C17H26ClNO6Si. The summed E-state index contributed by atoms with van der Waals surface area (Å²) in [6.07, 6.45) is 1.03. The van der Waals surface area contributed by atoms with Gasteiger partial charge in [-0.15, -0.1) is 0 Å². The number of unbranched alkanes of at least 4 members (excludes halogenated alkanes) is 1. The number of ether oxygens (including phenoxy) is 3. The lowest BCUT2D eigenvalue weighted by molar-refractivity contribution is -0.386. The predicted octanol–water partition coefficient (Wildman–Crippen LogP) is 4.83. The van der Waals surface area contributed by atoms with Gasteiger partial charge in [-0.2, -0.15) is 11.1 Å². The number of rotatable bonds is 10. The number of carbonyl (C=O) groups excluding carboxylic acids is 1. The van der Waals surface area contributed by atoms with Gasteiger partial charge < -0.3 is 14.2 Å². The van der Waals surface area contributed by atoms with Crippen molar-refractivity contribution < 1.29 is 23.9 Å². The second-order valence-corrected chi connectivity index (χ2v) is 13.6. The molecule has 1 aromatic carbocycles. The fourth-order valence-corrected chi connectivity index (χ4v) is 3.99. The molecule has 0 N–H and O–H groups in total. The van der Waals surface area contributed by atoms with E-state index in [2.05, 4.69) is 13.1 Å². The molecule has 0 saturated carbocycles. The Balaban J connectivity index is 2.81. The Bertz CT molecular complexity index is 647. The molecule has 7 nitrogen and oxygen atoms in total. The second-order valence-electron chi connectivity index (χ2n) is 6.58. The molecule has 26 heavy (non-hydrogen) atoms. The monoisotopic (exact) mass is 403 g/mol. The van der Waals surface area contributed by atoms with Gasteiger partial charge in [-0.05, 0) is 25.5 Å². The number of hydrogen-bond donors (Lipinski definition) is 0. The first-order valence-electron chi connectivity index (χ1n) is 8.37. The zero-order valence-corrected chi connectivity index (χ0v) is 17.6. The first-order valence-corrected chi connectivity index (χ1v) is 12.6. The first kappa shape index (κ1) is 22.2. The number of nitro benzene ring substituents is 1. The van der Waals surface area contributed by atoms with Crippen LogP contribution in [0.5, 0.6) is 11.5 Å². The molecule has 146 valence electrons. The minimum Gasteiger partial charge on any atom is -0.493 e. The van der Waals surface area contributed by atoms with Crippen LogP contribution in [0.15, 0.2) is 12.1 Å². The van der Waals surface area contributed by atoms with E-state index >= 15 is 0 Å². The molecule has 1 aromatic rings. The summed E-state index contributed by atoms with van der Waals surface area (Å²) in [7, 11) is 1.20. The number of nitrogens with zero attached hydrogens (tertiary/aromatic N) is 1. The van der Waals surface area contributed by atoms with E-state index < -0.39 is 24.4 Å². The normalized spacial score (nSPS) is 12.4. The lowest BCUT2D eigenvalue weighted by atomic mass is 10.1. The van der Waals surface area contributed by atoms with Crippen molar-refractivity contribution in [3.8, 4) is 11.5 Å². The lowest BCUT2D eigenvalue weighted by Gasteiger charge is -2.16. The van der Waals surface area contributed by atoms with Crippen molar-refractivity contribution in [1.82, 2.24) is 0 Å². The van der Waals surface area contributed by atoms with Gasteiger partial charge in [0.25, 0.3) is 5.69 Å². The molecule has 0 radical (unpaired) electrons. The highest BCUT2D eigenvalue weighted by Crippen LogP contribution is 2.38. The van der Waals surface area contributed by atoms with Crippen LogP contribution in [0.25, 0.3) is 0 Å². The Kier molecular flexibility index (Phi) is 8.36. The predicted molar refractivity (Wildman–Crippen MR) is 103 cm³/mol. The number of halogens is 1. The Morgan fingerprint density at radius 1 is 1.23 bits per heavy atom. The second kappa shape index (κ2) is 9.77. The Morgan fingerprint density at radius 2 is 1.81 bits per heavy atom. The number of hydrogen-bond acceptors (Lipinski definition) is 6. The van der Waals surface area contributed by atoms with Gasteiger partial charge >= 0.3 is 5.97 Å². The number of esters is 1. The van der Waals surface area contributed by atoms with Crippen LogP contribution in [0, 0.1) is 10.1 Å². The molecule has 9 heteroatoms. The van der Waals surface area contributed by atoms with E-state index in [0.29, 0.717) is 12.2 Å². The number of benzene rings is 1. The Labute approximate surface area is 159 Å². The smallest absolute Gasteiger partial charge is 0.306 e. The molecule has 1 atom stereocenters. The molecule has 0 aliphatic rings. The van der Waals surface area contributed by atoms with Crippen LogP contribution in [-0.2, 0) is 9.53 Å². The van der Waals surface area contributed by atoms with E-state index in [4.69, 9.17) is 25.3 Å². The first-order chi connectivity index (χ1) is 12.1. The fourth-order valence-electron chi connectivity index (χ4n) is 2.50. The fraction of sp³-hybridized carbons (Fsp3) is 0.588. The molecule has 0 heterocycles. The molecule has 0 saturated heterocycles. The van der Waals surface area contributed by atoms with Crippen molar-refractivity contribution in [1.29, 1.82) is 0 Å². The van der Waals surface area contributed by atoms with Gasteiger partial charge in [0.15, 0.2) is 11.5 Å². The third kappa shape index (κ3) is 6.84. The minimum absolute atomic E-state index is 0.183. The van der Waals surface area contributed by atoms with Crippen LogP contribution in [0.2, 0.25) is 19.1 Å². The van der Waals surface area contributed by atoms with E-state index in [0.717, 1.165) is 12.5 Å². The van der Waals surface area contributed by atoms with E-state index in [-0.39, 0.29) is 23.4 Å². The third-order valence-corrected chi connectivity index (χ3v) is 5.99. The van der Waals surface area contributed by atoms with Gasteiger partial charge in [-0.3, -0.25) is 14.9 Å². The van der Waals surface area contributed by atoms with Crippen molar-refractivity contribution >= 4 is 30.1 Å². The zero-order valence-electron chi connectivity index (χ0n) is 15.8. The van der Waals surface area contributed by atoms with Crippen molar-refractivity contribution in [2.24, 2.45) is 0 Å². The summed E-state index contributed by atoms with van der Waals surface area (Å²) in [5.74, 6) is 0.190. The van der Waals surface area contributed by atoms with E-state index in [1.165, 1.54) is 26.4 Å². The number of carbonyl (C=O) groups is 1. The summed E-state index contributed by atoms with van der Waals surface area (Å²) >= 11 is 6.25. The largest absolute Gasteiger partial charge is 0.493 e. The van der Waals surface area contributed by atoms with Crippen LogP contribution < -0.4 is 9.47 Å². The van der Waals surface area contributed by atoms with Crippen LogP contribution in [0.3, 0.4) is 0 Å². The maximum Gasteiger partial charge on any atom is 0.306 e. The summed E-state index contributed by atoms with van der Waals surface area (Å²) in [6, 6.07) is 3.67. The molecule has 0 aliphatic carbocycles. The summed E-state index contributed by atoms with van der Waals surface area (Å²) in [5, 5.41) is 11.3. The van der Waals surface area contributed by atoms with E-state index in [9.17, 15) is 14.9 Å². The van der Waals surface area contributed by atoms with Gasteiger partial charge in [0.2, 0.25) is 0 Å². The Hall–Kier alpha value is -1.80. The van der Waals surface area contributed by atoms with Crippen LogP contribution >= 0.6 is 11.1 Å². The van der Waals surface area contributed by atoms with E-state index in [1.807, 2.05) is 0 Å². The molecule has 0 bridgehead atoms. The molecule has 0 aliphatic heterocycles. The minimum atomic E-state index is -1.63. The quantitative estimate of drug-likeness (QED) is 0.139. The maximum absolute atomic E-state index is 12.0. The highest BCUT2D eigenvalue weighted by atomic mass is 35.6. The summed E-state index contributed by atoms with van der Waals surface area (Å²) in [6.45, 7) is 5.72. The summed E-state index contributed by atoms with van der Waals surface area (Å²) < 4.78 is 15.6. The average molecular weight is 404 g/mol. The molecular weight excluding hydrogens is 378 g/mol. The molecule has 0 amide bonds. The van der Waals surface area contributed by atoms with Gasteiger partial charge in [0.05, 0.1) is 30.8 Å². The Morgan fingerprint density at radius 3 is 2.31 bits per heavy atom. The van der Waals surface area contributed by atoms with Crippen LogP contribution in [-0.4, -0.2) is 32.5 Å². The van der Waals surface area contributed by atoms with Crippen molar-refractivity contribution in [2.45, 2.75) is 51.4 Å². The van der Waals surface area contributed by atoms with Crippen LogP contribution in [0.4, 0.5) is 5.69 Å². The SMILES string of the molecule is COc1cc(C(C)OC(=O)CCCC[Si](C)(C)Cl)c([N+](=O)[O-])cc1OC. The van der Waals surface area contributed by atoms with Crippen molar-refractivity contribution in [2.75, 3.05) is 14.2 Å². The average Bonchev–Trinajstić information content (AvgIpc) is 2.56. The van der Waals surface area contributed by atoms with Gasteiger partial charge in [0, 0.05) is 6.42 Å². The molecule has 0 aromatic heterocycles. The number of methoxy groups -OCH3 is 2. The topological polar surface area (TPSA) is 87.9 Å². The summed E-state index contributed by atoms with van der Waals surface area (Å²) in [5.41, 5.74) is 0.0770. The highest BCUT2D eigenvalue weighted by molar-refractivity contribution is 7.19. The van der Waals surface area contributed by atoms with Crippen molar-refractivity contribution in [3.63, 3.8) is 0 Å². The standard InChI is InChI=1S/C17H26ClNO6Si/c1-12(25-17(20)8-6-7-9-26(4,5)18)13-10-15(23-2)16(24-3)11-14(13)19(21)22/h10-12H,6-9H2,1-5H3. The van der Waals surface area contributed by atoms with E-state index in [1.54, 1.807) is 6.92 Å². The van der Waals surface area contributed by atoms with Crippen LogP contribution in [0.1, 0.15) is 37.9 Å². The summed E-state index contributed by atoms with van der Waals surface area (Å²) in [4.78, 5) is 22.9. The van der Waals surface area contributed by atoms with Gasteiger partial charge in [0.1, 0.15) is 13.5 Å². The molecule has 1 unspecified atom stereocenters. The number of nitro groups is 1. The maximum atomic E-state index is 12.0. The van der Waals surface area contributed by atoms with Gasteiger partial charge in [-0.1, -0.05) is 19.5 Å². The molecule has 0 spiro atoms. The van der Waals surface area contributed by atoms with Crippen molar-refractivity contribution in [3.05, 3.63) is 27.8 Å². The van der Waals surface area contributed by atoms with Gasteiger partial charge in [-0.25, -0.2) is 0 Å². The third-order valence-electron chi connectivity index (χ3n) is 3.88. The highest BCUT2D eigenvalue weighted by Gasteiger charge is 2.25. The lowest BCUT2D eigenvalue weighted by Crippen LogP contribution is -2.15. The zero-order chi connectivity index (χ0) is 19.9. The molecule has 0 fully saturated rings.